The Morgan fingerprint density at radius 2 is 1.71 bits per heavy atom. The van der Waals surface area contributed by atoms with E-state index in [0.29, 0.717) is 13.1 Å². The molecule has 0 unspecified atom stereocenters. The Balaban J connectivity index is 1.33. The van der Waals surface area contributed by atoms with E-state index in [2.05, 4.69) is 34.1 Å². The maximum atomic E-state index is 12.4. The first-order valence-corrected chi connectivity index (χ1v) is 9.23. The molecule has 0 radical (unpaired) electrons. The summed E-state index contributed by atoms with van der Waals surface area (Å²) in [5.74, 6) is 0.497. The SMILES string of the molecule is O=C(C1CCC1)N1C[C@@H](O)[C@H](N2CCN(c3ccccc3)CC2)C1. The summed E-state index contributed by atoms with van der Waals surface area (Å²) in [5, 5.41) is 10.5. The fourth-order valence-corrected chi connectivity index (χ4v) is 4.17. The summed E-state index contributed by atoms with van der Waals surface area (Å²) in [6.45, 7) is 5.05. The molecule has 4 rings (SSSR count). The molecule has 2 atom stereocenters. The number of para-hydroxylation sites is 1. The van der Waals surface area contributed by atoms with Gasteiger partial charge in [0.1, 0.15) is 0 Å². The van der Waals surface area contributed by atoms with Crippen LogP contribution in [-0.4, -0.2) is 72.2 Å². The van der Waals surface area contributed by atoms with Gasteiger partial charge in [-0.3, -0.25) is 9.69 Å². The Labute approximate surface area is 143 Å². The monoisotopic (exact) mass is 329 g/mol. The topological polar surface area (TPSA) is 47.0 Å². The lowest BCUT2D eigenvalue weighted by Crippen LogP contribution is -2.54. The minimum absolute atomic E-state index is 0.104. The van der Waals surface area contributed by atoms with Gasteiger partial charge in [0.05, 0.1) is 12.1 Å². The molecule has 2 heterocycles. The largest absolute Gasteiger partial charge is 0.390 e. The van der Waals surface area contributed by atoms with Gasteiger partial charge in [-0.05, 0) is 25.0 Å². The van der Waals surface area contributed by atoms with Gasteiger partial charge in [-0.15, -0.1) is 0 Å². The molecular weight excluding hydrogens is 302 g/mol. The van der Waals surface area contributed by atoms with Gasteiger partial charge in [0.25, 0.3) is 0 Å². The number of carbonyl (C=O) groups is 1. The molecule has 1 amide bonds. The Morgan fingerprint density at radius 1 is 1.00 bits per heavy atom. The number of likely N-dealkylation sites (tertiary alicyclic amines) is 1. The van der Waals surface area contributed by atoms with E-state index >= 15 is 0 Å². The zero-order chi connectivity index (χ0) is 16.5. The van der Waals surface area contributed by atoms with E-state index in [1.54, 1.807) is 0 Å². The van der Waals surface area contributed by atoms with Crippen LogP contribution in [0.2, 0.25) is 0 Å². The summed E-state index contributed by atoms with van der Waals surface area (Å²) in [5.41, 5.74) is 1.27. The van der Waals surface area contributed by atoms with Gasteiger partial charge < -0.3 is 14.9 Å². The summed E-state index contributed by atoms with van der Waals surface area (Å²) < 4.78 is 0. The van der Waals surface area contributed by atoms with Gasteiger partial charge in [0.15, 0.2) is 0 Å². The van der Waals surface area contributed by atoms with Crippen molar-refractivity contribution >= 4 is 11.6 Å². The molecule has 0 spiro atoms. The fraction of sp³-hybridized carbons (Fsp3) is 0.632. The van der Waals surface area contributed by atoms with Gasteiger partial charge in [-0.2, -0.15) is 0 Å². The molecule has 1 N–H and O–H groups in total. The van der Waals surface area contributed by atoms with E-state index in [-0.39, 0.29) is 17.9 Å². The van der Waals surface area contributed by atoms with E-state index in [9.17, 15) is 9.90 Å². The van der Waals surface area contributed by atoms with Crippen molar-refractivity contribution in [2.45, 2.75) is 31.4 Å². The van der Waals surface area contributed by atoms with Crippen molar-refractivity contribution in [1.82, 2.24) is 9.80 Å². The van der Waals surface area contributed by atoms with Crippen LogP contribution < -0.4 is 4.90 Å². The number of rotatable bonds is 3. The molecule has 2 aliphatic heterocycles. The number of benzene rings is 1. The van der Waals surface area contributed by atoms with E-state index in [1.165, 1.54) is 12.1 Å². The molecule has 5 heteroatoms. The van der Waals surface area contributed by atoms with Crippen molar-refractivity contribution in [1.29, 1.82) is 0 Å². The minimum Gasteiger partial charge on any atom is -0.390 e. The smallest absolute Gasteiger partial charge is 0.225 e. The van der Waals surface area contributed by atoms with Gasteiger partial charge in [-0.1, -0.05) is 24.6 Å². The van der Waals surface area contributed by atoms with Crippen LogP contribution in [0.15, 0.2) is 30.3 Å². The molecule has 1 aliphatic carbocycles. The number of piperazine rings is 1. The second-order valence-electron chi connectivity index (χ2n) is 7.36. The second-order valence-corrected chi connectivity index (χ2v) is 7.36. The van der Waals surface area contributed by atoms with Gasteiger partial charge in [0, 0.05) is 50.9 Å². The highest BCUT2D eigenvalue weighted by molar-refractivity contribution is 5.80. The Morgan fingerprint density at radius 3 is 2.33 bits per heavy atom. The first-order valence-electron chi connectivity index (χ1n) is 9.23. The number of aliphatic hydroxyl groups excluding tert-OH is 1. The van der Waals surface area contributed by atoms with E-state index in [0.717, 1.165) is 39.0 Å². The highest BCUT2D eigenvalue weighted by atomic mass is 16.3. The molecule has 1 aromatic carbocycles. The number of nitrogens with zero attached hydrogens (tertiary/aromatic N) is 3. The maximum absolute atomic E-state index is 12.4. The number of amides is 1. The Kier molecular flexibility index (Phi) is 4.46. The van der Waals surface area contributed by atoms with Crippen molar-refractivity contribution in [3.05, 3.63) is 30.3 Å². The van der Waals surface area contributed by atoms with Crippen LogP contribution in [0, 0.1) is 5.92 Å². The molecule has 1 aromatic rings. The van der Waals surface area contributed by atoms with Crippen LogP contribution in [0.3, 0.4) is 0 Å². The van der Waals surface area contributed by atoms with Crippen LogP contribution in [0.25, 0.3) is 0 Å². The first-order chi connectivity index (χ1) is 11.7. The highest BCUT2D eigenvalue weighted by Crippen LogP contribution is 2.30. The van der Waals surface area contributed by atoms with E-state index < -0.39 is 6.10 Å². The molecule has 0 bridgehead atoms. The molecule has 2 saturated heterocycles. The molecule has 0 aromatic heterocycles. The van der Waals surface area contributed by atoms with E-state index in [1.807, 2.05) is 11.0 Å². The normalized spacial score (nSPS) is 28.9. The zero-order valence-corrected chi connectivity index (χ0v) is 14.2. The van der Waals surface area contributed by atoms with Crippen molar-refractivity contribution in [3.63, 3.8) is 0 Å². The predicted molar refractivity (Wildman–Crippen MR) is 93.9 cm³/mol. The van der Waals surface area contributed by atoms with E-state index in [4.69, 9.17) is 0 Å². The minimum atomic E-state index is -0.405. The Bertz CT molecular complexity index is 567. The average Bonchev–Trinajstić information content (AvgIpc) is 2.96. The Hall–Kier alpha value is -1.59. The van der Waals surface area contributed by atoms with Crippen LogP contribution in [-0.2, 0) is 4.79 Å². The quantitative estimate of drug-likeness (QED) is 0.905. The van der Waals surface area contributed by atoms with Crippen molar-refractivity contribution in [3.8, 4) is 0 Å². The van der Waals surface area contributed by atoms with Crippen LogP contribution in [0.1, 0.15) is 19.3 Å². The summed E-state index contributed by atoms with van der Waals surface area (Å²) in [7, 11) is 0. The summed E-state index contributed by atoms with van der Waals surface area (Å²) in [6, 6.07) is 10.6. The third-order valence-corrected chi connectivity index (χ3v) is 5.93. The van der Waals surface area contributed by atoms with Crippen molar-refractivity contribution < 1.29 is 9.90 Å². The molecule has 24 heavy (non-hydrogen) atoms. The summed E-state index contributed by atoms with van der Waals surface area (Å²) in [6.07, 6.45) is 2.84. The summed E-state index contributed by atoms with van der Waals surface area (Å²) >= 11 is 0. The third-order valence-electron chi connectivity index (χ3n) is 5.93. The lowest BCUT2D eigenvalue weighted by molar-refractivity contribution is -0.137. The van der Waals surface area contributed by atoms with Crippen LogP contribution in [0.4, 0.5) is 5.69 Å². The second kappa shape index (κ2) is 6.73. The number of hydrogen-bond donors (Lipinski definition) is 1. The average molecular weight is 329 g/mol. The van der Waals surface area contributed by atoms with Crippen molar-refractivity contribution in [2.75, 3.05) is 44.2 Å². The third kappa shape index (κ3) is 3.03. The van der Waals surface area contributed by atoms with Gasteiger partial charge in [-0.25, -0.2) is 0 Å². The standard InChI is InChI=1S/C19H27N3O2/c23-18-14-22(19(24)15-5-4-6-15)13-17(18)21-11-9-20(10-12-21)16-7-2-1-3-8-16/h1-3,7-8,15,17-18,23H,4-6,9-14H2/t17-,18-/m1/s1. The van der Waals surface area contributed by atoms with Crippen LogP contribution in [0.5, 0.6) is 0 Å². The molecule has 3 aliphatic rings. The van der Waals surface area contributed by atoms with Gasteiger partial charge in [0.2, 0.25) is 5.91 Å². The molecule has 5 nitrogen and oxygen atoms in total. The number of hydrogen-bond acceptors (Lipinski definition) is 4. The molecule has 130 valence electrons. The number of aliphatic hydroxyl groups is 1. The maximum Gasteiger partial charge on any atom is 0.225 e. The fourth-order valence-electron chi connectivity index (χ4n) is 4.17. The van der Waals surface area contributed by atoms with Crippen LogP contribution >= 0.6 is 0 Å². The molecule has 3 fully saturated rings. The number of β-amino-alcohol motifs (C(OH)–C–C–N with tert-alkyl or cyclic N) is 1. The zero-order valence-electron chi connectivity index (χ0n) is 14.2. The number of carbonyl (C=O) groups excluding carboxylic acids is 1. The molecular formula is C19H27N3O2. The first kappa shape index (κ1) is 15.9. The lowest BCUT2D eigenvalue weighted by Gasteiger charge is -2.39. The highest BCUT2D eigenvalue weighted by Gasteiger charge is 2.41. The predicted octanol–water partition coefficient (Wildman–Crippen LogP) is 1.18. The number of anilines is 1. The summed E-state index contributed by atoms with van der Waals surface area (Å²) in [4.78, 5) is 19.1. The van der Waals surface area contributed by atoms with Crippen molar-refractivity contribution in [2.24, 2.45) is 5.92 Å². The lowest BCUT2D eigenvalue weighted by atomic mass is 9.84. The molecule has 1 saturated carbocycles. The van der Waals surface area contributed by atoms with Gasteiger partial charge >= 0.3 is 0 Å².